The molecular weight excluding hydrogens is 262 g/mol. The zero-order valence-corrected chi connectivity index (χ0v) is 11.8. The van der Waals surface area contributed by atoms with Crippen LogP contribution in [-0.2, 0) is 4.79 Å². The minimum Gasteiger partial charge on any atom is -0.343 e. The van der Waals surface area contributed by atoms with Crippen LogP contribution in [0, 0.1) is 6.92 Å². The molecule has 102 valence electrons. The minimum absolute atomic E-state index is 0.0336. The van der Waals surface area contributed by atoms with Gasteiger partial charge in [-0.3, -0.25) is 14.2 Å². The molecule has 1 atom stereocenters. The quantitative estimate of drug-likeness (QED) is 0.764. The molecule has 1 aromatic heterocycles. The van der Waals surface area contributed by atoms with E-state index < -0.39 is 0 Å². The lowest BCUT2D eigenvalue weighted by Crippen LogP contribution is -2.32. The van der Waals surface area contributed by atoms with Crippen molar-refractivity contribution >= 4 is 17.7 Å². The molecule has 0 N–H and O–H groups in total. The van der Waals surface area contributed by atoms with E-state index >= 15 is 0 Å². The van der Waals surface area contributed by atoms with Gasteiger partial charge in [-0.05, 0) is 19.8 Å². The summed E-state index contributed by atoms with van der Waals surface area (Å²) in [5.41, 5.74) is 0.710. The molecule has 1 saturated heterocycles. The first-order valence-electron chi connectivity index (χ1n) is 6.66. The average molecular weight is 279 g/mol. The van der Waals surface area contributed by atoms with Crippen LogP contribution in [0.25, 0.3) is 0 Å². The Labute approximate surface area is 116 Å². The first-order chi connectivity index (χ1) is 9.15. The van der Waals surface area contributed by atoms with Gasteiger partial charge in [0, 0.05) is 37.0 Å². The summed E-state index contributed by atoms with van der Waals surface area (Å²) >= 11 is 1.57. The fourth-order valence-corrected chi connectivity index (χ4v) is 3.91. The summed E-state index contributed by atoms with van der Waals surface area (Å²) in [6, 6.07) is 1.51. The van der Waals surface area contributed by atoms with Gasteiger partial charge in [-0.1, -0.05) is 11.8 Å². The number of carbonyl (C=O) groups excluding carboxylic acids is 1. The predicted molar refractivity (Wildman–Crippen MR) is 73.4 cm³/mol. The van der Waals surface area contributed by atoms with Gasteiger partial charge in [-0.15, -0.1) is 0 Å². The number of amides is 1. The first-order valence-corrected chi connectivity index (χ1v) is 7.64. The summed E-state index contributed by atoms with van der Waals surface area (Å²) in [4.78, 5) is 30.5. The van der Waals surface area contributed by atoms with Crippen LogP contribution in [0.2, 0.25) is 0 Å². The number of hydrogen-bond donors (Lipinski definition) is 0. The molecule has 1 fully saturated rings. The molecule has 3 heterocycles. The van der Waals surface area contributed by atoms with Crippen molar-refractivity contribution in [2.24, 2.45) is 0 Å². The maximum absolute atomic E-state index is 12.2. The fourth-order valence-electron chi connectivity index (χ4n) is 2.71. The Hall–Kier alpha value is -1.30. The highest BCUT2D eigenvalue weighted by atomic mass is 32.2. The van der Waals surface area contributed by atoms with E-state index in [9.17, 15) is 9.59 Å². The molecule has 0 aromatic carbocycles. The molecule has 0 radical (unpaired) electrons. The van der Waals surface area contributed by atoms with E-state index in [1.807, 2.05) is 11.8 Å². The van der Waals surface area contributed by atoms with Gasteiger partial charge >= 0.3 is 0 Å². The second-order valence-corrected chi connectivity index (χ2v) is 6.13. The van der Waals surface area contributed by atoms with E-state index in [-0.39, 0.29) is 17.5 Å². The van der Waals surface area contributed by atoms with Crippen LogP contribution in [0.5, 0.6) is 0 Å². The Balaban J connectivity index is 1.79. The van der Waals surface area contributed by atoms with E-state index in [2.05, 4.69) is 4.98 Å². The van der Waals surface area contributed by atoms with Crippen molar-refractivity contribution in [3.63, 3.8) is 0 Å². The fraction of sp³-hybridized carbons (Fsp3) is 0.615. The van der Waals surface area contributed by atoms with Gasteiger partial charge < -0.3 is 4.90 Å². The van der Waals surface area contributed by atoms with E-state index in [1.165, 1.54) is 0 Å². The maximum Gasteiger partial charge on any atom is 0.254 e. The van der Waals surface area contributed by atoms with Gasteiger partial charge in [0.1, 0.15) is 0 Å². The number of nitrogens with zero attached hydrogens (tertiary/aromatic N) is 3. The summed E-state index contributed by atoms with van der Waals surface area (Å²) in [5, 5.41) is 0.754. The predicted octanol–water partition coefficient (Wildman–Crippen LogP) is 1.21. The number of aromatic nitrogens is 2. The van der Waals surface area contributed by atoms with E-state index in [4.69, 9.17) is 0 Å². The van der Waals surface area contributed by atoms with Crippen molar-refractivity contribution in [1.82, 2.24) is 14.5 Å². The summed E-state index contributed by atoms with van der Waals surface area (Å²) in [6.07, 6.45) is 2.62. The first kappa shape index (κ1) is 12.7. The normalized spacial score (nSPS) is 21.7. The van der Waals surface area contributed by atoms with Crippen molar-refractivity contribution in [2.75, 3.05) is 18.8 Å². The second-order valence-electron chi connectivity index (χ2n) is 5.15. The van der Waals surface area contributed by atoms with Crippen LogP contribution >= 0.6 is 11.8 Å². The number of fused-ring (bicyclic) bond motifs is 1. The Bertz CT molecular complexity index is 563. The highest BCUT2D eigenvalue weighted by Gasteiger charge is 2.29. The van der Waals surface area contributed by atoms with Crippen LogP contribution in [0.15, 0.2) is 16.0 Å². The zero-order valence-electron chi connectivity index (χ0n) is 11.0. The average Bonchev–Trinajstić information content (AvgIpc) is 2.98. The molecule has 1 amide bonds. The van der Waals surface area contributed by atoms with Gasteiger partial charge in [0.25, 0.3) is 5.56 Å². The van der Waals surface area contributed by atoms with Crippen molar-refractivity contribution < 1.29 is 4.79 Å². The molecule has 2 aliphatic heterocycles. The van der Waals surface area contributed by atoms with Crippen LogP contribution < -0.4 is 5.56 Å². The number of thioether (sulfide) groups is 1. The minimum atomic E-state index is -0.0354. The lowest BCUT2D eigenvalue weighted by atomic mass is 10.2. The molecule has 0 aliphatic carbocycles. The van der Waals surface area contributed by atoms with E-state index in [1.54, 1.807) is 22.4 Å². The SMILES string of the molecule is Cc1cc(=O)n2c(n1)SC[C@H]2CC(=O)N1CCCC1. The molecule has 6 heteroatoms. The van der Waals surface area contributed by atoms with Crippen LogP contribution in [0.3, 0.4) is 0 Å². The lowest BCUT2D eigenvalue weighted by molar-refractivity contribution is -0.130. The second kappa shape index (κ2) is 5.00. The highest BCUT2D eigenvalue weighted by molar-refractivity contribution is 7.99. The summed E-state index contributed by atoms with van der Waals surface area (Å²) in [7, 11) is 0. The number of aryl methyl sites for hydroxylation is 1. The van der Waals surface area contributed by atoms with Crippen LogP contribution in [0.1, 0.15) is 31.0 Å². The summed E-state index contributed by atoms with van der Waals surface area (Å²) in [5.74, 6) is 0.939. The van der Waals surface area contributed by atoms with Gasteiger partial charge in [-0.2, -0.15) is 0 Å². The monoisotopic (exact) mass is 279 g/mol. The topological polar surface area (TPSA) is 55.2 Å². The largest absolute Gasteiger partial charge is 0.343 e. The summed E-state index contributed by atoms with van der Waals surface area (Å²) in [6.45, 7) is 3.56. The van der Waals surface area contributed by atoms with Crippen molar-refractivity contribution in [3.8, 4) is 0 Å². The molecule has 0 saturated carbocycles. The molecule has 3 rings (SSSR count). The highest BCUT2D eigenvalue weighted by Crippen LogP contribution is 2.32. The zero-order chi connectivity index (χ0) is 13.4. The Morgan fingerprint density at radius 1 is 1.47 bits per heavy atom. The number of hydrogen-bond acceptors (Lipinski definition) is 4. The third-order valence-corrected chi connectivity index (χ3v) is 4.78. The van der Waals surface area contributed by atoms with Gasteiger partial charge in [0.2, 0.25) is 5.91 Å². The number of rotatable bonds is 2. The van der Waals surface area contributed by atoms with Crippen LogP contribution in [-0.4, -0.2) is 39.2 Å². The summed E-state index contributed by atoms with van der Waals surface area (Å²) < 4.78 is 1.69. The number of likely N-dealkylation sites (tertiary alicyclic amines) is 1. The van der Waals surface area contributed by atoms with E-state index in [0.717, 1.165) is 42.5 Å². The third-order valence-electron chi connectivity index (χ3n) is 3.69. The van der Waals surface area contributed by atoms with Crippen molar-refractivity contribution in [3.05, 3.63) is 22.1 Å². The molecule has 5 nitrogen and oxygen atoms in total. The lowest BCUT2D eigenvalue weighted by Gasteiger charge is -2.19. The Morgan fingerprint density at radius 2 is 2.21 bits per heavy atom. The molecule has 19 heavy (non-hydrogen) atoms. The molecule has 1 aromatic rings. The standard InChI is InChI=1S/C13H17N3O2S/c1-9-6-12(18)16-10(8-19-13(16)14-9)7-11(17)15-4-2-3-5-15/h6,10H,2-5,7-8H2,1H3/t10-/m1/s1. The molecule has 2 aliphatic rings. The van der Waals surface area contributed by atoms with Crippen molar-refractivity contribution in [2.45, 2.75) is 37.4 Å². The Morgan fingerprint density at radius 3 is 2.95 bits per heavy atom. The van der Waals surface area contributed by atoms with Crippen molar-refractivity contribution in [1.29, 1.82) is 0 Å². The van der Waals surface area contributed by atoms with Gasteiger partial charge in [0.15, 0.2) is 5.16 Å². The van der Waals surface area contributed by atoms with Crippen LogP contribution in [0.4, 0.5) is 0 Å². The molecule has 0 unspecified atom stereocenters. The van der Waals surface area contributed by atoms with Gasteiger partial charge in [-0.25, -0.2) is 4.98 Å². The Kier molecular flexibility index (Phi) is 3.35. The molecule has 0 spiro atoms. The maximum atomic E-state index is 12.2. The smallest absolute Gasteiger partial charge is 0.254 e. The van der Waals surface area contributed by atoms with E-state index in [0.29, 0.717) is 6.42 Å². The molecule has 0 bridgehead atoms. The third kappa shape index (κ3) is 2.41. The van der Waals surface area contributed by atoms with Gasteiger partial charge in [0.05, 0.1) is 6.04 Å². The number of carbonyl (C=O) groups is 1. The molecular formula is C13H17N3O2S.